The molecule has 86 valence electrons. The standard InChI is InChI=1S/C13H17NO2/c1-2-7-14-13(12(15)16)8-10-5-3-4-6-11(10)9-13/h3-6,14H,2,7-9H2,1H3,(H,15,16). The Bertz CT molecular complexity index is 376. The molecule has 0 unspecified atom stereocenters. The number of carbonyl (C=O) groups is 1. The predicted octanol–water partition coefficient (Wildman–Crippen LogP) is 1.61. The van der Waals surface area contributed by atoms with E-state index < -0.39 is 11.5 Å². The Kier molecular flexibility index (Phi) is 2.97. The van der Waals surface area contributed by atoms with Crippen molar-refractivity contribution in [3.63, 3.8) is 0 Å². The summed E-state index contributed by atoms with van der Waals surface area (Å²) in [7, 11) is 0. The van der Waals surface area contributed by atoms with Crippen molar-refractivity contribution in [2.75, 3.05) is 6.54 Å². The summed E-state index contributed by atoms with van der Waals surface area (Å²) in [5, 5.41) is 12.6. The Balaban J connectivity index is 2.24. The van der Waals surface area contributed by atoms with Gasteiger partial charge in [0.25, 0.3) is 0 Å². The largest absolute Gasteiger partial charge is 0.480 e. The number of carboxylic acids is 1. The van der Waals surface area contributed by atoms with Crippen molar-refractivity contribution >= 4 is 5.97 Å². The van der Waals surface area contributed by atoms with E-state index in [2.05, 4.69) is 5.32 Å². The highest BCUT2D eigenvalue weighted by Crippen LogP contribution is 2.30. The summed E-state index contributed by atoms with van der Waals surface area (Å²) in [6, 6.07) is 7.98. The Morgan fingerprint density at radius 2 is 1.94 bits per heavy atom. The van der Waals surface area contributed by atoms with Crippen LogP contribution in [0, 0.1) is 0 Å². The molecule has 2 N–H and O–H groups in total. The van der Waals surface area contributed by atoms with Crippen molar-refractivity contribution < 1.29 is 9.90 Å². The van der Waals surface area contributed by atoms with Crippen molar-refractivity contribution in [1.29, 1.82) is 0 Å². The molecular formula is C13H17NO2. The van der Waals surface area contributed by atoms with Gasteiger partial charge in [-0.1, -0.05) is 31.2 Å². The first kappa shape index (κ1) is 11.1. The maximum Gasteiger partial charge on any atom is 0.324 e. The smallest absolute Gasteiger partial charge is 0.324 e. The maximum atomic E-state index is 11.4. The van der Waals surface area contributed by atoms with Crippen LogP contribution in [-0.2, 0) is 17.6 Å². The van der Waals surface area contributed by atoms with Gasteiger partial charge in [0.05, 0.1) is 0 Å². The van der Waals surface area contributed by atoms with Gasteiger partial charge in [0.2, 0.25) is 0 Å². The molecule has 1 aromatic rings. The van der Waals surface area contributed by atoms with Gasteiger partial charge in [-0.25, -0.2) is 0 Å². The fourth-order valence-corrected chi connectivity index (χ4v) is 2.33. The number of hydrogen-bond donors (Lipinski definition) is 2. The number of benzene rings is 1. The Morgan fingerprint density at radius 3 is 2.38 bits per heavy atom. The number of hydrogen-bond acceptors (Lipinski definition) is 2. The Labute approximate surface area is 95.5 Å². The summed E-state index contributed by atoms with van der Waals surface area (Å²) >= 11 is 0. The van der Waals surface area contributed by atoms with Gasteiger partial charge < -0.3 is 10.4 Å². The maximum absolute atomic E-state index is 11.4. The number of fused-ring (bicyclic) bond motifs is 1. The highest BCUT2D eigenvalue weighted by Gasteiger charge is 2.43. The van der Waals surface area contributed by atoms with Gasteiger partial charge in [-0.2, -0.15) is 0 Å². The van der Waals surface area contributed by atoms with E-state index in [1.165, 1.54) is 0 Å². The second-order valence-corrected chi connectivity index (χ2v) is 4.44. The van der Waals surface area contributed by atoms with E-state index in [4.69, 9.17) is 0 Å². The van der Waals surface area contributed by atoms with Gasteiger partial charge in [-0.05, 0) is 24.1 Å². The highest BCUT2D eigenvalue weighted by atomic mass is 16.4. The topological polar surface area (TPSA) is 49.3 Å². The number of carboxylic acid groups (broad SMARTS) is 1. The number of nitrogens with one attached hydrogen (secondary N) is 1. The molecule has 0 aliphatic heterocycles. The van der Waals surface area contributed by atoms with Crippen LogP contribution < -0.4 is 5.32 Å². The minimum atomic E-state index is -0.778. The number of aliphatic carboxylic acids is 1. The van der Waals surface area contributed by atoms with Crippen molar-refractivity contribution in [1.82, 2.24) is 5.32 Å². The van der Waals surface area contributed by atoms with Crippen LogP contribution in [0.4, 0.5) is 0 Å². The first-order chi connectivity index (χ1) is 7.68. The molecule has 0 radical (unpaired) electrons. The molecule has 0 saturated carbocycles. The average Bonchev–Trinajstić information content (AvgIpc) is 2.66. The molecule has 0 spiro atoms. The molecule has 3 heteroatoms. The molecular weight excluding hydrogens is 202 g/mol. The van der Waals surface area contributed by atoms with Crippen LogP contribution in [-0.4, -0.2) is 23.2 Å². The zero-order valence-electron chi connectivity index (χ0n) is 9.49. The molecule has 0 bridgehead atoms. The van der Waals surface area contributed by atoms with E-state index in [1.54, 1.807) is 0 Å². The molecule has 2 rings (SSSR count). The van der Waals surface area contributed by atoms with Crippen LogP contribution in [0.1, 0.15) is 24.5 Å². The Hall–Kier alpha value is -1.35. The minimum Gasteiger partial charge on any atom is -0.480 e. The zero-order chi connectivity index (χ0) is 11.6. The van der Waals surface area contributed by atoms with E-state index in [0.717, 1.165) is 24.1 Å². The van der Waals surface area contributed by atoms with Crippen LogP contribution >= 0.6 is 0 Å². The van der Waals surface area contributed by atoms with E-state index in [9.17, 15) is 9.90 Å². The fourth-order valence-electron chi connectivity index (χ4n) is 2.33. The van der Waals surface area contributed by atoms with E-state index in [0.29, 0.717) is 12.8 Å². The van der Waals surface area contributed by atoms with E-state index in [-0.39, 0.29) is 0 Å². The third-order valence-electron chi connectivity index (χ3n) is 3.23. The van der Waals surface area contributed by atoms with Gasteiger partial charge in [-0.15, -0.1) is 0 Å². The molecule has 1 aliphatic rings. The lowest BCUT2D eigenvalue weighted by atomic mass is 9.96. The summed E-state index contributed by atoms with van der Waals surface area (Å²) in [4.78, 5) is 11.4. The van der Waals surface area contributed by atoms with Crippen LogP contribution in [0.3, 0.4) is 0 Å². The van der Waals surface area contributed by atoms with Gasteiger partial charge in [0.1, 0.15) is 5.54 Å². The highest BCUT2D eigenvalue weighted by molar-refractivity contribution is 5.81. The third-order valence-corrected chi connectivity index (χ3v) is 3.23. The first-order valence-electron chi connectivity index (χ1n) is 5.73. The zero-order valence-corrected chi connectivity index (χ0v) is 9.49. The van der Waals surface area contributed by atoms with Crippen LogP contribution in [0.25, 0.3) is 0 Å². The molecule has 0 saturated heterocycles. The molecule has 0 aromatic heterocycles. The van der Waals surface area contributed by atoms with Crippen LogP contribution in [0.2, 0.25) is 0 Å². The van der Waals surface area contributed by atoms with E-state index >= 15 is 0 Å². The summed E-state index contributed by atoms with van der Waals surface area (Å²) in [5.74, 6) is -0.739. The summed E-state index contributed by atoms with van der Waals surface area (Å²) in [6.07, 6.45) is 2.14. The third kappa shape index (κ3) is 1.83. The van der Waals surface area contributed by atoms with Gasteiger partial charge in [0, 0.05) is 12.8 Å². The molecule has 0 heterocycles. The summed E-state index contributed by atoms with van der Waals surface area (Å²) in [5.41, 5.74) is 1.54. The quantitative estimate of drug-likeness (QED) is 0.808. The normalized spacial score (nSPS) is 17.1. The lowest BCUT2D eigenvalue weighted by Crippen LogP contribution is -2.53. The van der Waals surface area contributed by atoms with E-state index in [1.807, 2.05) is 31.2 Å². The first-order valence-corrected chi connectivity index (χ1v) is 5.73. The molecule has 1 aromatic carbocycles. The summed E-state index contributed by atoms with van der Waals surface area (Å²) in [6.45, 7) is 2.80. The average molecular weight is 219 g/mol. The van der Waals surface area contributed by atoms with Crippen molar-refractivity contribution in [2.45, 2.75) is 31.7 Å². The van der Waals surface area contributed by atoms with Crippen LogP contribution in [0.15, 0.2) is 24.3 Å². The van der Waals surface area contributed by atoms with Crippen molar-refractivity contribution in [2.24, 2.45) is 0 Å². The summed E-state index contributed by atoms with van der Waals surface area (Å²) < 4.78 is 0. The molecule has 0 atom stereocenters. The SMILES string of the molecule is CCCNC1(C(=O)O)Cc2ccccc2C1. The molecule has 3 nitrogen and oxygen atoms in total. The molecule has 16 heavy (non-hydrogen) atoms. The number of rotatable bonds is 4. The van der Waals surface area contributed by atoms with Crippen molar-refractivity contribution in [3.8, 4) is 0 Å². The Morgan fingerprint density at radius 1 is 1.38 bits per heavy atom. The fraction of sp³-hybridized carbons (Fsp3) is 0.462. The molecule has 0 fully saturated rings. The van der Waals surface area contributed by atoms with Gasteiger partial charge >= 0.3 is 5.97 Å². The van der Waals surface area contributed by atoms with Crippen LogP contribution in [0.5, 0.6) is 0 Å². The second kappa shape index (κ2) is 4.26. The lowest BCUT2D eigenvalue weighted by molar-refractivity contribution is -0.144. The van der Waals surface area contributed by atoms with Gasteiger partial charge in [-0.3, -0.25) is 4.79 Å². The molecule has 0 amide bonds. The monoisotopic (exact) mass is 219 g/mol. The lowest BCUT2D eigenvalue weighted by Gasteiger charge is -2.25. The second-order valence-electron chi connectivity index (χ2n) is 4.44. The molecule has 1 aliphatic carbocycles. The van der Waals surface area contributed by atoms with Gasteiger partial charge in [0.15, 0.2) is 0 Å². The van der Waals surface area contributed by atoms with Crippen molar-refractivity contribution in [3.05, 3.63) is 35.4 Å². The minimum absolute atomic E-state index is 0.596. The predicted molar refractivity (Wildman–Crippen MR) is 62.5 cm³/mol.